The van der Waals surface area contributed by atoms with Crippen molar-refractivity contribution in [1.29, 1.82) is 0 Å². The Balaban J connectivity index is 3.72. The molecule has 0 aliphatic carbocycles. The van der Waals surface area contributed by atoms with Crippen LogP contribution < -0.4 is 5.32 Å². The number of unbranched alkanes of at least 4 members (excludes halogenated alkanes) is 1. The molecule has 102 valence electrons. The quantitative estimate of drug-likeness (QED) is 0.599. The first-order chi connectivity index (χ1) is 8.13. The van der Waals surface area contributed by atoms with E-state index in [0.29, 0.717) is 13.0 Å². The summed E-state index contributed by atoms with van der Waals surface area (Å²) >= 11 is 0. The number of hydrogen-bond donors (Lipinski definition) is 1. The van der Waals surface area contributed by atoms with Gasteiger partial charge in [-0.3, -0.25) is 4.79 Å². The topological polar surface area (TPSA) is 38.3 Å². The van der Waals surface area contributed by atoms with Crippen molar-refractivity contribution in [3.8, 4) is 0 Å². The van der Waals surface area contributed by atoms with E-state index in [9.17, 15) is 4.79 Å². The van der Waals surface area contributed by atoms with Gasteiger partial charge in [0, 0.05) is 6.04 Å². The maximum absolute atomic E-state index is 11.3. The number of carbonyl (C=O) groups excluding carboxylic acids is 1. The first-order valence-corrected chi connectivity index (χ1v) is 7.02. The molecule has 0 heterocycles. The second-order valence-corrected chi connectivity index (χ2v) is 4.73. The zero-order valence-corrected chi connectivity index (χ0v) is 11.9. The standard InChI is InChI=1S/C14H29NO2/c1-5-8-9-13(6-2)11-15-12(4)10-14(16)17-7-3/h12-13,15H,5-11H2,1-4H3. The lowest BCUT2D eigenvalue weighted by atomic mass is 9.99. The smallest absolute Gasteiger partial charge is 0.307 e. The van der Waals surface area contributed by atoms with Crippen LogP contribution >= 0.6 is 0 Å². The summed E-state index contributed by atoms with van der Waals surface area (Å²) in [6.07, 6.45) is 5.52. The van der Waals surface area contributed by atoms with Crippen LogP contribution in [0.3, 0.4) is 0 Å². The predicted octanol–water partition coefficient (Wildman–Crippen LogP) is 3.13. The molecule has 1 N–H and O–H groups in total. The summed E-state index contributed by atoms with van der Waals surface area (Å²) in [4.78, 5) is 11.3. The summed E-state index contributed by atoms with van der Waals surface area (Å²) in [6, 6.07) is 0.213. The van der Waals surface area contributed by atoms with Crippen molar-refractivity contribution >= 4 is 5.97 Å². The van der Waals surface area contributed by atoms with Gasteiger partial charge in [0.05, 0.1) is 13.0 Å². The summed E-state index contributed by atoms with van der Waals surface area (Å²) in [5.41, 5.74) is 0. The van der Waals surface area contributed by atoms with Crippen LogP contribution in [-0.4, -0.2) is 25.2 Å². The van der Waals surface area contributed by atoms with Gasteiger partial charge >= 0.3 is 5.97 Å². The lowest BCUT2D eigenvalue weighted by molar-refractivity contribution is -0.143. The largest absolute Gasteiger partial charge is 0.466 e. The van der Waals surface area contributed by atoms with Gasteiger partial charge in [-0.05, 0) is 32.7 Å². The minimum Gasteiger partial charge on any atom is -0.466 e. The van der Waals surface area contributed by atoms with Gasteiger partial charge < -0.3 is 10.1 Å². The van der Waals surface area contributed by atoms with Crippen LogP contribution in [0.25, 0.3) is 0 Å². The van der Waals surface area contributed by atoms with Gasteiger partial charge in [0.25, 0.3) is 0 Å². The van der Waals surface area contributed by atoms with Gasteiger partial charge in [0.2, 0.25) is 0 Å². The molecule has 0 spiro atoms. The third kappa shape index (κ3) is 9.16. The summed E-state index contributed by atoms with van der Waals surface area (Å²) in [6.45, 7) is 9.83. The van der Waals surface area contributed by atoms with Crippen LogP contribution in [0.1, 0.15) is 59.8 Å². The van der Waals surface area contributed by atoms with Gasteiger partial charge in [-0.2, -0.15) is 0 Å². The molecule has 0 bridgehead atoms. The molecule has 0 aromatic rings. The van der Waals surface area contributed by atoms with Crippen LogP contribution in [0.4, 0.5) is 0 Å². The molecule has 2 atom stereocenters. The highest BCUT2D eigenvalue weighted by Gasteiger charge is 2.11. The number of rotatable bonds is 10. The number of esters is 1. The highest BCUT2D eigenvalue weighted by Crippen LogP contribution is 2.11. The second-order valence-electron chi connectivity index (χ2n) is 4.73. The van der Waals surface area contributed by atoms with Gasteiger partial charge in [-0.25, -0.2) is 0 Å². The molecule has 0 aliphatic heterocycles. The fourth-order valence-corrected chi connectivity index (χ4v) is 1.85. The third-order valence-corrected chi connectivity index (χ3v) is 3.08. The molecule has 0 aliphatic rings. The van der Waals surface area contributed by atoms with Crippen molar-refractivity contribution < 1.29 is 9.53 Å². The average Bonchev–Trinajstić information content (AvgIpc) is 2.29. The Bertz CT molecular complexity index is 195. The fourth-order valence-electron chi connectivity index (χ4n) is 1.85. The maximum Gasteiger partial charge on any atom is 0.307 e. The van der Waals surface area contributed by atoms with E-state index in [4.69, 9.17) is 4.74 Å². The van der Waals surface area contributed by atoms with Gasteiger partial charge in [-0.1, -0.05) is 33.1 Å². The van der Waals surface area contributed by atoms with Crippen LogP contribution in [0.5, 0.6) is 0 Å². The lowest BCUT2D eigenvalue weighted by Crippen LogP contribution is -2.33. The van der Waals surface area contributed by atoms with Crippen molar-refractivity contribution in [3.63, 3.8) is 0 Å². The first-order valence-electron chi connectivity index (χ1n) is 7.02. The van der Waals surface area contributed by atoms with Crippen molar-refractivity contribution in [1.82, 2.24) is 5.32 Å². The summed E-state index contributed by atoms with van der Waals surface area (Å²) < 4.78 is 4.93. The maximum atomic E-state index is 11.3. The highest BCUT2D eigenvalue weighted by atomic mass is 16.5. The Morgan fingerprint density at radius 2 is 2.00 bits per heavy atom. The highest BCUT2D eigenvalue weighted by molar-refractivity contribution is 5.69. The molecule has 0 rings (SSSR count). The molecule has 17 heavy (non-hydrogen) atoms. The van der Waals surface area contributed by atoms with Gasteiger partial charge in [-0.15, -0.1) is 0 Å². The molecule has 0 fully saturated rings. The van der Waals surface area contributed by atoms with E-state index in [1.807, 2.05) is 13.8 Å². The minimum atomic E-state index is -0.103. The van der Waals surface area contributed by atoms with Crippen molar-refractivity contribution in [2.75, 3.05) is 13.2 Å². The van der Waals surface area contributed by atoms with Gasteiger partial charge in [0.1, 0.15) is 0 Å². The van der Waals surface area contributed by atoms with E-state index < -0.39 is 0 Å². The predicted molar refractivity (Wildman–Crippen MR) is 72.0 cm³/mol. The van der Waals surface area contributed by atoms with E-state index in [1.54, 1.807) is 0 Å². The molecule has 0 saturated carbocycles. The number of ether oxygens (including phenoxy) is 1. The number of nitrogens with one attached hydrogen (secondary N) is 1. The monoisotopic (exact) mass is 243 g/mol. The number of carbonyl (C=O) groups is 1. The second kappa shape index (κ2) is 10.6. The number of hydrogen-bond acceptors (Lipinski definition) is 3. The summed E-state index contributed by atoms with van der Waals surface area (Å²) in [5.74, 6) is 0.633. The zero-order valence-electron chi connectivity index (χ0n) is 11.9. The van der Waals surface area contributed by atoms with Crippen molar-refractivity contribution in [2.45, 2.75) is 65.8 Å². The Morgan fingerprint density at radius 3 is 2.53 bits per heavy atom. The molecular weight excluding hydrogens is 214 g/mol. The molecule has 3 heteroatoms. The van der Waals surface area contributed by atoms with Crippen LogP contribution in [-0.2, 0) is 9.53 Å². The summed E-state index contributed by atoms with van der Waals surface area (Å²) in [5, 5.41) is 3.43. The van der Waals surface area contributed by atoms with E-state index in [1.165, 1.54) is 25.7 Å². The lowest BCUT2D eigenvalue weighted by Gasteiger charge is -2.19. The Kier molecular flexibility index (Phi) is 10.2. The summed E-state index contributed by atoms with van der Waals surface area (Å²) in [7, 11) is 0. The Morgan fingerprint density at radius 1 is 1.29 bits per heavy atom. The zero-order chi connectivity index (χ0) is 13.1. The molecule has 0 amide bonds. The normalized spacial score (nSPS) is 14.4. The molecule has 0 saturated heterocycles. The van der Waals surface area contributed by atoms with Crippen molar-refractivity contribution in [3.05, 3.63) is 0 Å². The minimum absolute atomic E-state index is 0.103. The Labute approximate surface area is 106 Å². The van der Waals surface area contributed by atoms with Crippen LogP contribution in [0.2, 0.25) is 0 Å². The van der Waals surface area contributed by atoms with E-state index in [-0.39, 0.29) is 12.0 Å². The molecule has 2 unspecified atom stereocenters. The Hall–Kier alpha value is -0.570. The molecule has 0 aromatic heterocycles. The van der Waals surface area contributed by atoms with Crippen molar-refractivity contribution in [2.24, 2.45) is 5.92 Å². The van der Waals surface area contributed by atoms with Gasteiger partial charge in [0.15, 0.2) is 0 Å². The van der Waals surface area contributed by atoms with E-state index in [2.05, 4.69) is 19.2 Å². The van der Waals surface area contributed by atoms with Crippen LogP contribution in [0.15, 0.2) is 0 Å². The SMILES string of the molecule is CCCCC(CC)CNC(C)CC(=O)OCC. The fraction of sp³-hybridized carbons (Fsp3) is 0.929. The molecular formula is C14H29NO2. The van der Waals surface area contributed by atoms with E-state index in [0.717, 1.165) is 12.5 Å². The average molecular weight is 243 g/mol. The van der Waals surface area contributed by atoms with E-state index >= 15 is 0 Å². The molecule has 0 aromatic carbocycles. The molecule has 0 radical (unpaired) electrons. The third-order valence-electron chi connectivity index (χ3n) is 3.08. The first kappa shape index (κ1) is 16.4. The molecule has 3 nitrogen and oxygen atoms in total. The van der Waals surface area contributed by atoms with Crippen LogP contribution in [0, 0.1) is 5.92 Å².